The summed E-state index contributed by atoms with van der Waals surface area (Å²) < 4.78 is 5.09. The molecule has 0 aromatic heterocycles. The summed E-state index contributed by atoms with van der Waals surface area (Å²) in [6, 6.07) is 0.914. The van der Waals surface area contributed by atoms with Gasteiger partial charge < -0.3 is 10.5 Å². The predicted molar refractivity (Wildman–Crippen MR) is 64.0 cm³/mol. The van der Waals surface area contributed by atoms with Crippen LogP contribution in [0.5, 0.6) is 0 Å². The molecule has 3 nitrogen and oxygen atoms in total. The SMILES string of the molecule is CCC1CCCCCN1CC(N)COC. The lowest BCUT2D eigenvalue weighted by Crippen LogP contribution is -2.44. The highest BCUT2D eigenvalue weighted by Gasteiger charge is 2.20. The third-order valence-electron chi connectivity index (χ3n) is 3.32. The van der Waals surface area contributed by atoms with E-state index in [1.165, 1.54) is 38.6 Å². The van der Waals surface area contributed by atoms with Crippen molar-refractivity contribution in [2.24, 2.45) is 5.73 Å². The zero-order valence-corrected chi connectivity index (χ0v) is 10.2. The molecule has 0 aromatic rings. The fourth-order valence-electron chi connectivity index (χ4n) is 2.51. The Kier molecular flexibility index (Phi) is 6.22. The van der Waals surface area contributed by atoms with Crippen molar-refractivity contribution in [3.05, 3.63) is 0 Å². The normalized spacial score (nSPS) is 26.2. The van der Waals surface area contributed by atoms with Crippen LogP contribution in [0, 0.1) is 0 Å². The van der Waals surface area contributed by atoms with Gasteiger partial charge in [-0.25, -0.2) is 0 Å². The highest BCUT2D eigenvalue weighted by Crippen LogP contribution is 2.18. The lowest BCUT2D eigenvalue weighted by atomic mass is 10.1. The first-order valence-electron chi connectivity index (χ1n) is 6.26. The first-order chi connectivity index (χ1) is 7.27. The van der Waals surface area contributed by atoms with Gasteiger partial charge in [0.05, 0.1) is 6.61 Å². The second-order valence-electron chi connectivity index (χ2n) is 4.62. The van der Waals surface area contributed by atoms with Crippen LogP contribution in [0.2, 0.25) is 0 Å². The molecule has 1 fully saturated rings. The number of hydrogen-bond donors (Lipinski definition) is 1. The summed E-state index contributed by atoms with van der Waals surface area (Å²) in [6.07, 6.45) is 6.69. The van der Waals surface area contributed by atoms with Gasteiger partial charge in [-0.15, -0.1) is 0 Å². The van der Waals surface area contributed by atoms with E-state index in [9.17, 15) is 0 Å². The molecular weight excluding hydrogens is 188 g/mol. The maximum atomic E-state index is 6.02. The maximum absolute atomic E-state index is 6.02. The molecule has 2 unspecified atom stereocenters. The van der Waals surface area contributed by atoms with Crippen LogP contribution in [0.1, 0.15) is 39.0 Å². The predicted octanol–water partition coefficient (Wildman–Crippen LogP) is 1.61. The molecule has 3 heteroatoms. The first kappa shape index (κ1) is 12.9. The number of rotatable bonds is 5. The van der Waals surface area contributed by atoms with Gasteiger partial charge in [0.2, 0.25) is 0 Å². The summed E-state index contributed by atoms with van der Waals surface area (Å²) in [5.74, 6) is 0. The van der Waals surface area contributed by atoms with Crippen molar-refractivity contribution in [1.82, 2.24) is 4.90 Å². The summed E-state index contributed by atoms with van der Waals surface area (Å²) in [6.45, 7) is 5.17. The maximum Gasteiger partial charge on any atom is 0.0626 e. The van der Waals surface area contributed by atoms with Crippen LogP contribution >= 0.6 is 0 Å². The topological polar surface area (TPSA) is 38.5 Å². The molecule has 0 saturated carbocycles. The number of nitrogens with two attached hydrogens (primary N) is 1. The van der Waals surface area contributed by atoms with E-state index in [1.807, 2.05) is 0 Å². The third-order valence-corrected chi connectivity index (χ3v) is 3.32. The lowest BCUT2D eigenvalue weighted by Gasteiger charge is -2.31. The molecule has 15 heavy (non-hydrogen) atoms. The molecule has 1 aliphatic rings. The third kappa shape index (κ3) is 4.49. The minimum Gasteiger partial charge on any atom is -0.383 e. The van der Waals surface area contributed by atoms with Gasteiger partial charge in [0.1, 0.15) is 0 Å². The van der Waals surface area contributed by atoms with Gasteiger partial charge in [0.15, 0.2) is 0 Å². The van der Waals surface area contributed by atoms with E-state index in [-0.39, 0.29) is 6.04 Å². The summed E-state index contributed by atoms with van der Waals surface area (Å²) in [7, 11) is 1.72. The van der Waals surface area contributed by atoms with Gasteiger partial charge in [-0.2, -0.15) is 0 Å². The van der Waals surface area contributed by atoms with Crippen LogP contribution in [0.4, 0.5) is 0 Å². The van der Waals surface area contributed by atoms with Crippen LogP contribution < -0.4 is 5.73 Å². The zero-order valence-electron chi connectivity index (χ0n) is 10.2. The monoisotopic (exact) mass is 214 g/mol. The van der Waals surface area contributed by atoms with E-state index in [0.29, 0.717) is 6.61 Å². The molecule has 1 saturated heterocycles. The Hall–Kier alpha value is -0.120. The summed E-state index contributed by atoms with van der Waals surface area (Å²) in [5.41, 5.74) is 6.02. The Balaban J connectivity index is 2.40. The van der Waals surface area contributed by atoms with E-state index in [2.05, 4.69) is 11.8 Å². The molecule has 90 valence electrons. The average Bonchev–Trinajstić information content (AvgIpc) is 2.43. The number of methoxy groups -OCH3 is 1. The highest BCUT2D eigenvalue weighted by atomic mass is 16.5. The van der Waals surface area contributed by atoms with E-state index in [4.69, 9.17) is 10.5 Å². The molecule has 1 rings (SSSR count). The van der Waals surface area contributed by atoms with Crippen LogP contribution in [-0.4, -0.2) is 43.8 Å². The van der Waals surface area contributed by atoms with Crippen molar-refractivity contribution in [3.8, 4) is 0 Å². The highest BCUT2D eigenvalue weighted by molar-refractivity contribution is 4.77. The number of nitrogens with zero attached hydrogens (tertiary/aromatic N) is 1. The van der Waals surface area contributed by atoms with Crippen LogP contribution in [-0.2, 0) is 4.74 Å². The van der Waals surface area contributed by atoms with Crippen LogP contribution in [0.15, 0.2) is 0 Å². The van der Waals surface area contributed by atoms with Gasteiger partial charge in [-0.1, -0.05) is 19.8 Å². The Morgan fingerprint density at radius 3 is 2.87 bits per heavy atom. The molecule has 0 radical (unpaired) electrons. The molecule has 0 aliphatic carbocycles. The molecule has 1 heterocycles. The molecule has 0 amide bonds. The fourth-order valence-corrected chi connectivity index (χ4v) is 2.51. The lowest BCUT2D eigenvalue weighted by molar-refractivity contribution is 0.131. The number of likely N-dealkylation sites (tertiary alicyclic amines) is 1. The van der Waals surface area contributed by atoms with Crippen molar-refractivity contribution in [2.75, 3.05) is 26.8 Å². The minimum absolute atomic E-state index is 0.169. The molecule has 0 bridgehead atoms. The number of hydrogen-bond acceptors (Lipinski definition) is 3. The van der Waals surface area contributed by atoms with E-state index < -0.39 is 0 Å². The zero-order chi connectivity index (χ0) is 11.1. The summed E-state index contributed by atoms with van der Waals surface area (Å²) in [4.78, 5) is 2.57. The second-order valence-corrected chi connectivity index (χ2v) is 4.62. The van der Waals surface area contributed by atoms with Crippen molar-refractivity contribution < 1.29 is 4.74 Å². The fraction of sp³-hybridized carbons (Fsp3) is 1.00. The van der Waals surface area contributed by atoms with Gasteiger partial charge >= 0.3 is 0 Å². The Morgan fingerprint density at radius 2 is 2.20 bits per heavy atom. The smallest absolute Gasteiger partial charge is 0.0626 e. The summed E-state index contributed by atoms with van der Waals surface area (Å²) >= 11 is 0. The molecule has 0 aromatic carbocycles. The molecule has 1 aliphatic heterocycles. The quantitative estimate of drug-likeness (QED) is 0.755. The van der Waals surface area contributed by atoms with Crippen molar-refractivity contribution in [2.45, 2.75) is 51.1 Å². The largest absolute Gasteiger partial charge is 0.383 e. The molecule has 2 atom stereocenters. The van der Waals surface area contributed by atoms with Crippen LogP contribution in [0.25, 0.3) is 0 Å². The van der Waals surface area contributed by atoms with Crippen LogP contribution in [0.3, 0.4) is 0 Å². The van der Waals surface area contributed by atoms with Crippen molar-refractivity contribution in [3.63, 3.8) is 0 Å². The molecule has 0 spiro atoms. The first-order valence-corrected chi connectivity index (χ1v) is 6.26. The number of ether oxygens (including phenoxy) is 1. The van der Waals surface area contributed by atoms with Crippen molar-refractivity contribution >= 4 is 0 Å². The van der Waals surface area contributed by atoms with Gasteiger partial charge in [0.25, 0.3) is 0 Å². The Morgan fingerprint density at radius 1 is 1.40 bits per heavy atom. The standard InChI is InChI=1S/C12H26N2O/c1-3-12-7-5-4-6-8-14(12)9-11(13)10-15-2/h11-12H,3-10,13H2,1-2H3. The van der Waals surface area contributed by atoms with Crippen molar-refractivity contribution in [1.29, 1.82) is 0 Å². The molecule has 2 N–H and O–H groups in total. The van der Waals surface area contributed by atoms with E-state index in [0.717, 1.165) is 12.6 Å². The Bertz CT molecular complexity index is 164. The Labute approximate surface area is 94.0 Å². The van der Waals surface area contributed by atoms with Gasteiger partial charge in [-0.05, 0) is 25.8 Å². The summed E-state index contributed by atoms with van der Waals surface area (Å²) in [5, 5.41) is 0. The molecular formula is C12H26N2O. The average molecular weight is 214 g/mol. The van der Waals surface area contributed by atoms with Gasteiger partial charge in [0, 0.05) is 25.7 Å². The van der Waals surface area contributed by atoms with E-state index >= 15 is 0 Å². The van der Waals surface area contributed by atoms with Gasteiger partial charge in [-0.3, -0.25) is 4.90 Å². The minimum atomic E-state index is 0.169. The van der Waals surface area contributed by atoms with E-state index in [1.54, 1.807) is 7.11 Å². The second kappa shape index (κ2) is 7.20.